The summed E-state index contributed by atoms with van der Waals surface area (Å²) in [5, 5.41) is 0. The van der Waals surface area contributed by atoms with Crippen LogP contribution in [0.3, 0.4) is 0 Å². The van der Waals surface area contributed by atoms with Crippen molar-refractivity contribution in [3.63, 3.8) is 0 Å². The number of nitrogens with one attached hydrogen (secondary N) is 1. The van der Waals surface area contributed by atoms with Crippen LogP contribution in [-0.4, -0.2) is 55.9 Å². The van der Waals surface area contributed by atoms with Gasteiger partial charge in [0.25, 0.3) is 0 Å². The van der Waals surface area contributed by atoms with Crippen LogP contribution in [0.5, 0.6) is 0 Å². The van der Waals surface area contributed by atoms with Gasteiger partial charge >= 0.3 is 0 Å². The Kier molecular flexibility index (Phi) is 9.76. The highest BCUT2D eigenvalue weighted by Gasteiger charge is 2.11. The van der Waals surface area contributed by atoms with Crippen molar-refractivity contribution in [2.75, 3.05) is 40.3 Å². The van der Waals surface area contributed by atoms with Gasteiger partial charge in [0.1, 0.15) is 5.78 Å². The average molecular weight is 353 g/mol. The predicted molar refractivity (Wildman–Crippen MR) is 81.2 cm³/mol. The highest BCUT2D eigenvalue weighted by Crippen LogP contribution is 2.06. The zero-order chi connectivity index (χ0) is 13.3. The van der Waals surface area contributed by atoms with Gasteiger partial charge in [-0.2, -0.15) is 0 Å². The van der Waals surface area contributed by atoms with E-state index in [0.29, 0.717) is 6.54 Å². The number of rotatable bonds is 9. The van der Waals surface area contributed by atoms with Gasteiger partial charge in [0.05, 0.1) is 6.54 Å². The lowest BCUT2D eigenvalue weighted by Crippen LogP contribution is -2.36. The first-order chi connectivity index (χ1) is 8.01. The standard InChI is InChI=1S/C12H24IN3O/c1-5-6-12(9-14-13)16(10-11(2)17)8-7-15(3)4/h6,14H,5,7-10H2,1-4H3. The topological polar surface area (TPSA) is 35.6 Å². The lowest BCUT2D eigenvalue weighted by atomic mass is 10.2. The summed E-state index contributed by atoms with van der Waals surface area (Å²) in [6.07, 6.45) is 3.17. The molecule has 0 aliphatic rings. The minimum Gasteiger partial charge on any atom is -0.365 e. The van der Waals surface area contributed by atoms with E-state index in [-0.39, 0.29) is 5.78 Å². The van der Waals surface area contributed by atoms with Crippen molar-refractivity contribution >= 4 is 28.6 Å². The van der Waals surface area contributed by atoms with E-state index in [1.807, 2.05) is 14.1 Å². The van der Waals surface area contributed by atoms with Crippen molar-refractivity contribution in [1.29, 1.82) is 0 Å². The van der Waals surface area contributed by atoms with Crippen molar-refractivity contribution < 1.29 is 4.79 Å². The van der Waals surface area contributed by atoms with Crippen LogP contribution in [0.25, 0.3) is 0 Å². The van der Waals surface area contributed by atoms with Crippen LogP contribution in [0.15, 0.2) is 11.8 Å². The molecule has 0 fully saturated rings. The van der Waals surface area contributed by atoms with E-state index in [4.69, 9.17) is 0 Å². The van der Waals surface area contributed by atoms with Crippen LogP contribution >= 0.6 is 22.9 Å². The lowest BCUT2D eigenvalue weighted by Gasteiger charge is -2.27. The van der Waals surface area contributed by atoms with Gasteiger partial charge in [-0.25, -0.2) is 0 Å². The smallest absolute Gasteiger partial charge is 0.149 e. The van der Waals surface area contributed by atoms with Crippen LogP contribution in [0.4, 0.5) is 0 Å². The zero-order valence-electron chi connectivity index (χ0n) is 11.3. The summed E-state index contributed by atoms with van der Waals surface area (Å²) in [5.74, 6) is 0.208. The van der Waals surface area contributed by atoms with Crippen LogP contribution in [0, 0.1) is 0 Å². The third-order valence-corrected chi connectivity index (χ3v) is 2.71. The van der Waals surface area contributed by atoms with Crippen LogP contribution < -0.4 is 3.53 Å². The molecule has 0 rings (SSSR count). The molecule has 5 heteroatoms. The fraction of sp³-hybridized carbons (Fsp3) is 0.750. The van der Waals surface area contributed by atoms with Crippen molar-refractivity contribution in [1.82, 2.24) is 13.3 Å². The average Bonchev–Trinajstić information content (AvgIpc) is 2.23. The molecule has 0 saturated carbocycles. The highest BCUT2D eigenvalue weighted by molar-refractivity contribution is 14.1. The molecule has 0 spiro atoms. The van der Waals surface area contributed by atoms with Crippen LogP contribution in [0.1, 0.15) is 20.3 Å². The van der Waals surface area contributed by atoms with Gasteiger partial charge in [0.2, 0.25) is 0 Å². The number of halogens is 1. The lowest BCUT2D eigenvalue weighted by molar-refractivity contribution is -0.117. The SMILES string of the molecule is CCC=C(CNI)N(CCN(C)C)CC(C)=O. The second kappa shape index (κ2) is 9.85. The predicted octanol–water partition coefficient (Wildman–Crippen LogP) is 1.67. The van der Waals surface area contributed by atoms with E-state index in [9.17, 15) is 4.79 Å². The molecule has 0 radical (unpaired) electrons. The quantitative estimate of drug-likeness (QED) is 0.505. The summed E-state index contributed by atoms with van der Waals surface area (Å²) >= 11 is 2.14. The summed E-state index contributed by atoms with van der Waals surface area (Å²) in [7, 11) is 4.09. The number of hydrogen-bond acceptors (Lipinski definition) is 4. The molecular weight excluding hydrogens is 329 g/mol. The molecule has 0 aliphatic heterocycles. The Morgan fingerprint density at radius 2 is 2.00 bits per heavy atom. The molecule has 0 aromatic heterocycles. The molecule has 0 heterocycles. The van der Waals surface area contributed by atoms with Gasteiger partial charge < -0.3 is 9.80 Å². The van der Waals surface area contributed by atoms with E-state index < -0.39 is 0 Å². The Morgan fingerprint density at radius 3 is 2.41 bits per heavy atom. The van der Waals surface area contributed by atoms with Gasteiger partial charge in [0.15, 0.2) is 0 Å². The zero-order valence-corrected chi connectivity index (χ0v) is 13.5. The molecule has 1 N–H and O–H groups in total. The summed E-state index contributed by atoms with van der Waals surface area (Å²) in [5.41, 5.74) is 1.21. The van der Waals surface area contributed by atoms with E-state index in [2.05, 4.69) is 49.2 Å². The molecule has 0 aromatic rings. The minimum atomic E-state index is 0.208. The first kappa shape index (κ1) is 16.9. The molecule has 4 nitrogen and oxygen atoms in total. The maximum absolute atomic E-state index is 11.3. The summed E-state index contributed by atoms with van der Waals surface area (Å²) < 4.78 is 3.13. The molecule has 0 bridgehead atoms. The second-order valence-electron chi connectivity index (χ2n) is 4.34. The maximum atomic E-state index is 11.3. The monoisotopic (exact) mass is 353 g/mol. The first-order valence-corrected chi connectivity index (χ1v) is 7.00. The summed E-state index contributed by atoms with van der Waals surface area (Å²) in [6.45, 7) is 6.90. The highest BCUT2D eigenvalue weighted by atomic mass is 127. The number of carbonyl (C=O) groups excluding carboxylic acids is 1. The Morgan fingerprint density at radius 1 is 1.35 bits per heavy atom. The van der Waals surface area contributed by atoms with Gasteiger partial charge in [-0.15, -0.1) is 0 Å². The van der Waals surface area contributed by atoms with Gasteiger partial charge in [-0.05, 0) is 27.4 Å². The fourth-order valence-corrected chi connectivity index (χ4v) is 1.92. The summed E-state index contributed by atoms with van der Waals surface area (Å²) in [4.78, 5) is 15.6. The maximum Gasteiger partial charge on any atom is 0.149 e. The number of allylic oxidation sites excluding steroid dienone is 1. The number of likely N-dealkylation sites (N-methyl/N-ethyl adjacent to an activating group) is 1. The molecule has 17 heavy (non-hydrogen) atoms. The van der Waals surface area contributed by atoms with E-state index in [1.165, 1.54) is 5.70 Å². The van der Waals surface area contributed by atoms with Crippen molar-refractivity contribution in [3.05, 3.63) is 11.8 Å². The summed E-state index contributed by atoms with van der Waals surface area (Å²) in [6, 6.07) is 0. The molecular formula is C12H24IN3O. The van der Waals surface area contributed by atoms with Gasteiger partial charge in [-0.1, -0.05) is 13.0 Å². The van der Waals surface area contributed by atoms with Crippen molar-refractivity contribution in [2.24, 2.45) is 0 Å². The largest absolute Gasteiger partial charge is 0.365 e. The fourth-order valence-electron chi connectivity index (χ4n) is 1.53. The molecule has 0 amide bonds. The Balaban J connectivity index is 4.60. The third-order valence-electron chi connectivity index (χ3n) is 2.32. The van der Waals surface area contributed by atoms with Crippen molar-refractivity contribution in [3.8, 4) is 0 Å². The van der Waals surface area contributed by atoms with E-state index >= 15 is 0 Å². The number of carbonyl (C=O) groups is 1. The van der Waals surface area contributed by atoms with E-state index in [1.54, 1.807) is 6.92 Å². The number of hydrogen-bond donors (Lipinski definition) is 1. The molecule has 0 aliphatic carbocycles. The molecule has 0 saturated heterocycles. The van der Waals surface area contributed by atoms with Gasteiger partial charge in [-0.3, -0.25) is 8.32 Å². The Labute approximate surface area is 119 Å². The Bertz CT molecular complexity index is 254. The number of ketones is 1. The van der Waals surface area contributed by atoms with E-state index in [0.717, 1.165) is 26.1 Å². The number of Topliss-reactive ketones (excluding diaryl/α,β-unsaturated/α-hetero) is 1. The van der Waals surface area contributed by atoms with Crippen LogP contribution in [0.2, 0.25) is 0 Å². The van der Waals surface area contributed by atoms with Gasteiger partial charge in [0, 0.05) is 48.2 Å². The normalized spacial score (nSPS) is 12.0. The minimum absolute atomic E-state index is 0.208. The van der Waals surface area contributed by atoms with Crippen molar-refractivity contribution in [2.45, 2.75) is 20.3 Å². The molecule has 0 unspecified atom stereocenters. The Hall–Kier alpha value is -0.140. The molecule has 0 atom stereocenters. The second-order valence-corrected chi connectivity index (χ2v) is 5.10. The third kappa shape index (κ3) is 8.57. The van der Waals surface area contributed by atoms with Crippen LogP contribution in [-0.2, 0) is 4.79 Å². The molecule has 0 aromatic carbocycles. The number of nitrogens with zero attached hydrogens (tertiary/aromatic N) is 2. The molecule has 100 valence electrons. The first-order valence-electron chi connectivity index (χ1n) is 5.92.